The molecule has 0 spiro atoms. The molecule has 1 atom stereocenters. The van der Waals surface area contributed by atoms with Crippen LogP contribution in [0.5, 0.6) is 11.5 Å². The monoisotopic (exact) mass is 376 g/mol. The minimum atomic E-state index is -0.0999. The van der Waals surface area contributed by atoms with E-state index in [-0.39, 0.29) is 18.7 Å². The normalized spacial score (nSPS) is 17.7. The Kier molecular flexibility index (Phi) is 4.12. The summed E-state index contributed by atoms with van der Waals surface area (Å²) in [6.07, 6.45) is 0.879. The Hall–Kier alpha value is -3.48. The van der Waals surface area contributed by atoms with Crippen molar-refractivity contribution in [2.75, 3.05) is 24.8 Å². The van der Waals surface area contributed by atoms with Crippen molar-refractivity contribution in [2.45, 2.75) is 12.5 Å². The third-order valence-electron chi connectivity index (χ3n) is 5.13. The number of anilines is 1. The van der Waals surface area contributed by atoms with Crippen LogP contribution in [0.2, 0.25) is 0 Å². The highest BCUT2D eigenvalue weighted by Gasteiger charge is 2.26. The third-order valence-corrected chi connectivity index (χ3v) is 5.13. The van der Waals surface area contributed by atoms with E-state index in [1.165, 1.54) is 0 Å². The first-order chi connectivity index (χ1) is 13.8. The summed E-state index contributed by atoms with van der Waals surface area (Å²) in [5, 5.41) is 10.7. The molecular formula is C21H20N4O3. The number of carbonyl (C=O) groups excluding carboxylic acids is 1. The topological polar surface area (TPSA) is 79.5 Å². The van der Waals surface area contributed by atoms with Gasteiger partial charge in [0.05, 0.1) is 5.69 Å². The summed E-state index contributed by atoms with van der Waals surface area (Å²) in [6, 6.07) is 17.5. The van der Waals surface area contributed by atoms with Crippen LogP contribution < -0.4 is 19.7 Å². The first-order valence-electron chi connectivity index (χ1n) is 9.32. The zero-order chi connectivity index (χ0) is 18.9. The Balaban J connectivity index is 1.23. The van der Waals surface area contributed by atoms with E-state index in [1.54, 1.807) is 18.2 Å². The number of benzene rings is 2. The van der Waals surface area contributed by atoms with Gasteiger partial charge >= 0.3 is 0 Å². The Labute approximate surface area is 162 Å². The van der Waals surface area contributed by atoms with Crippen molar-refractivity contribution < 1.29 is 14.3 Å². The molecule has 0 bridgehead atoms. The fraction of sp³-hybridized carbons (Fsp3) is 0.238. The van der Waals surface area contributed by atoms with Crippen LogP contribution in [0.25, 0.3) is 11.3 Å². The Morgan fingerprint density at radius 2 is 1.96 bits per heavy atom. The van der Waals surface area contributed by atoms with E-state index < -0.39 is 0 Å². The Morgan fingerprint density at radius 3 is 2.86 bits per heavy atom. The standard InChI is InChI=1S/C21H20N4O3/c26-21(15-6-7-18-19(10-15)28-13-27-18)22-16-8-9-25(12-16)20-11-17(23-24-20)14-4-2-1-3-5-14/h1-7,10-11,16H,8-9,12-13H2,(H,22,26)(H,23,24)/t16-/m0/s1. The number of H-pyrrole nitrogens is 1. The summed E-state index contributed by atoms with van der Waals surface area (Å²) < 4.78 is 10.6. The number of aromatic amines is 1. The van der Waals surface area contributed by atoms with Gasteiger partial charge in [0.2, 0.25) is 6.79 Å². The summed E-state index contributed by atoms with van der Waals surface area (Å²) in [4.78, 5) is 14.8. The van der Waals surface area contributed by atoms with Gasteiger partial charge in [-0.15, -0.1) is 0 Å². The van der Waals surface area contributed by atoms with Crippen molar-refractivity contribution in [1.29, 1.82) is 0 Å². The molecule has 3 heterocycles. The molecule has 1 amide bonds. The number of ether oxygens (including phenoxy) is 2. The third kappa shape index (κ3) is 3.15. The van der Waals surface area contributed by atoms with Gasteiger partial charge in [-0.2, -0.15) is 5.10 Å². The molecule has 3 aromatic rings. The number of fused-ring (bicyclic) bond motifs is 1. The van der Waals surface area contributed by atoms with Gasteiger partial charge in [0.1, 0.15) is 0 Å². The molecule has 28 heavy (non-hydrogen) atoms. The first kappa shape index (κ1) is 16.7. The number of nitrogens with one attached hydrogen (secondary N) is 2. The molecule has 0 unspecified atom stereocenters. The Bertz CT molecular complexity index is 1000. The second-order valence-electron chi connectivity index (χ2n) is 6.98. The minimum absolute atomic E-state index is 0.0785. The molecule has 7 heteroatoms. The maximum Gasteiger partial charge on any atom is 0.251 e. The number of hydrogen-bond acceptors (Lipinski definition) is 5. The fourth-order valence-electron chi connectivity index (χ4n) is 3.63. The summed E-state index contributed by atoms with van der Waals surface area (Å²) in [5.74, 6) is 2.10. The zero-order valence-corrected chi connectivity index (χ0v) is 15.2. The van der Waals surface area contributed by atoms with E-state index in [2.05, 4.69) is 38.6 Å². The van der Waals surface area contributed by atoms with E-state index in [9.17, 15) is 4.79 Å². The molecule has 0 saturated carbocycles. The molecule has 0 radical (unpaired) electrons. The number of nitrogens with zero attached hydrogens (tertiary/aromatic N) is 2. The highest BCUT2D eigenvalue weighted by molar-refractivity contribution is 5.95. The number of rotatable bonds is 4. The van der Waals surface area contributed by atoms with Crippen LogP contribution in [-0.2, 0) is 0 Å². The average molecular weight is 376 g/mol. The van der Waals surface area contributed by atoms with Gasteiger partial charge in [-0.1, -0.05) is 30.3 Å². The van der Waals surface area contributed by atoms with Crippen LogP contribution in [0.3, 0.4) is 0 Å². The lowest BCUT2D eigenvalue weighted by molar-refractivity contribution is 0.0940. The Morgan fingerprint density at radius 1 is 1.11 bits per heavy atom. The van der Waals surface area contributed by atoms with Gasteiger partial charge in [-0.05, 0) is 30.2 Å². The molecule has 1 fully saturated rings. The largest absolute Gasteiger partial charge is 0.454 e. The van der Waals surface area contributed by atoms with Gasteiger partial charge in [0.15, 0.2) is 17.3 Å². The number of amides is 1. The van der Waals surface area contributed by atoms with E-state index in [4.69, 9.17) is 9.47 Å². The molecule has 7 nitrogen and oxygen atoms in total. The molecule has 2 aliphatic heterocycles. The molecule has 2 aromatic carbocycles. The van der Waals surface area contributed by atoms with Gasteiger partial charge in [0.25, 0.3) is 5.91 Å². The van der Waals surface area contributed by atoms with Crippen molar-refractivity contribution >= 4 is 11.7 Å². The molecule has 2 N–H and O–H groups in total. The highest BCUT2D eigenvalue weighted by atomic mass is 16.7. The van der Waals surface area contributed by atoms with Crippen LogP contribution in [0, 0.1) is 0 Å². The van der Waals surface area contributed by atoms with E-state index in [0.29, 0.717) is 17.1 Å². The smallest absolute Gasteiger partial charge is 0.251 e. The van der Waals surface area contributed by atoms with E-state index in [1.807, 2.05) is 18.2 Å². The molecule has 0 aliphatic carbocycles. The van der Waals surface area contributed by atoms with Gasteiger partial charge in [0, 0.05) is 30.8 Å². The van der Waals surface area contributed by atoms with Crippen LogP contribution >= 0.6 is 0 Å². The van der Waals surface area contributed by atoms with Crippen molar-refractivity contribution in [3.8, 4) is 22.8 Å². The maximum absolute atomic E-state index is 12.6. The summed E-state index contributed by atoms with van der Waals surface area (Å²) in [5.41, 5.74) is 2.67. The lowest BCUT2D eigenvalue weighted by Gasteiger charge is -2.16. The van der Waals surface area contributed by atoms with Gasteiger partial charge in [-0.25, -0.2) is 0 Å². The predicted molar refractivity (Wildman–Crippen MR) is 105 cm³/mol. The summed E-state index contributed by atoms with van der Waals surface area (Å²) in [7, 11) is 0. The summed E-state index contributed by atoms with van der Waals surface area (Å²) >= 11 is 0. The lowest BCUT2D eigenvalue weighted by atomic mass is 10.1. The highest BCUT2D eigenvalue weighted by Crippen LogP contribution is 2.32. The SMILES string of the molecule is O=C(N[C@H]1CCN(c2cc(-c3ccccc3)[nH]n2)C1)c1ccc2c(c1)OCO2. The van der Waals surface area contributed by atoms with Gasteiger partial charge in [-0.3, -0.25) is 9.89 Å². The van der Waals surface area contributed by atoms with Crippen molar-refractivity contribution in [3.05, 3.63) is 60.2 Å². The average Bonchev–Trinajstić information content (AvgIpc) is 3.48. The van der Waals surface area contributed by atoms with Gasteiger partial charge < -0.3 is 19.7 Å². The van der Waals surface area contributed by atoms with Crippen LogP contribution in [0.1, 0.15) is 16.8 Å². The number of carbonyl (C=O) groups is 1. The second kappa shape index (κ2) is 6.92. The van der Waals surface area contributed by atoms with E-state index >= 15 is 0 Å². The number of hydrogen-bond donors (Lipinski definition) is 2. The van der Waals surface area contributed by atoms with Crippen molar-refractivity contribution in [1.82, 2.24) is 15.5 Å². The maximum atomic E-state index is 12.6. The molecule has 2 aliphatic rings. The minimum Gasteiger partial charge on any atom is -0.454 e. The molecule has 5 rings (SSSR count). The lowest BCUT2D eigenvalue weighted by Crippen LogP contribution is -2.37. The van der Waals surface area contributed by atoms with E-state index in [0.717, 1.165) is 36.6 Å². The molecule has 1 saturated heterocycles. The quantitative estimate of drug-likeness (QED) is 0.732. The van der Waals surface area contributed by atoms with Crippen LogP contribution in [0.4, 0.5) is 5.82 Å². The van der Waals surface area contributed by atoms with Crippen LogP contribution in [0.15, 0.2) is 54.6 Å². The van der Waals surface area contributed by atoms with Crippen molar-refractivity contribution in [3.63, 3.8) is 0 Å². The summed E-state index contributed by atoms with van der Waals surface area (Å²) in [6.45, 7) is 1.78. The molecule has 1 aromatic heterocycles. The number of aromatic nitrogens is 2. The predicted octanol–water partition coefficient (Wildman–Crippen LogP) is 2.81. The fourth-order valence-corrected chi connectivity index (χ4v) is 3.63. The zero-order valence-electron chi connectivity index (χ0n) is 15.2. The van der Waals surface area contributed by atoms with Crippen LogP contribution in [-0.4, -0.2) is 42.0 Å². The molecule has 142 valence electrons. The second-order valence-corrected chi connectivity index (χ2v) is 6.98. The first-order valence-corrected chi connectivity index (χ1v) is 9.32. The molecular weight excluding hydrogens is 356 g/mol. The van der Waals surface area contributed by atoms with Crippen molar-refractivity contribution in [2.24, 2.45) is 0 Å².